The van der Waals surface area contributed by atoms with Gasteiger partial charge in [-0.25, -0.2) is 0 Å². The van der Waals surface area contributed by atoms with Gasteiger partial charge in [0.15, 0.2) is 0 Å². The molecule has 0 saturated heterocycles. The molecule has 27 heavy (non-hydrogen) atoms. The molecule has 1 aromatic heterocycles. The minimum absolute atomic E-state index is 0.0318. The van der Waals surface area contributed by atoms with Crippen LogP contribution in [0.3, 0.4) is 0 Å². The van der Waals surface area contributed by atoms with Crippen molar-refractivity contribution in [3.8, 4) is 0 Å². The number of thioether (sulfide) groups is 1. The van der Waals surface area contributed by atoms with Gasteiger partial charge in [0.1, 0.15) is 6.54 Å². The summed E-state index contributed by atoms with van der Waals surface area (Å²) in [5, 5.41) is 5.84. The molecule has 2 aromatic rings. The largest absolute Gasteiger partial charge is 0.355 e. The fraction of sp³-hybridized carbons (Fsp3) is 0.300. The van der Waals surface area contributed by atoms with Gasteiger partial charge in [-0.3, -0.25) is 9.59 Å². The molecule has 7 heteroatoms. The summed E-state index contributed by atoms with van der Waals surface area (Å²) in [6.45, 7) is 1.83. The molecule has 1 aliphatic heterocycles. The highest BCUT2D eigenvalue weighted by atomic mass is 32.2. The van der Waals surface area contributed by atoms with Gasteiger partial charge in [-0.2, -0.15) is 0 Å². The number of nitrogens with one attached hydrogen (secondary N) is 2. The average molecular weight is 385 g/mol. The lowest BCUT2D eigenvalue weighted by Gasteiger charge is -2.18. The first-order valence-corrected chi connectivity index (χ1v) is 9.71. The van der Waals surface area contributed by atoms with E-state index in [1.807, 2.05) is 67.3 Å². The molecule has 0 saturated carbocycles. The van der Waals surface area contributed by atoms with E-state index in [0.29, 0.717) is 11.4 Å². The van der Waals surface area contributed by atoms with Crippen LogP contribution in [0.5, 0.6) is 0 Å². The quantitative estimate of drug-likeness (QED) is 0.569. The van der Waals surface area contributed by atoms with Crippen molar-refractivity contribution in [3.05, 3.63) is 53.2 Å². The highest BCUT2D eigenvalue weighted by molar-refractivity contribution is 8.04. The number of hydrogen-bond acceptors (Lipinski definition) is 4. The van der Waals surface area contributed by atoms with E-state index in [9.17, 15) is 9.59 Å². The van der Waals surface area contributed by atoms with Crippen LogP contribution in [0.25, 0.3) is 6.08 Å². The van der Waals surface area contributed by atoms with Crippen LogP contribution in [0, 0.1) is 0 Å². The van der Waals surface area contributed by atoms with Crippen molar-refractivity contribution in [1.82, 2.24) is 14.8 Å². The van der Waals surface area contributed by atoms with Gasteiger partial charge in [-0.05, 0) is 57.4 Å². The number of carbonyl (C=O) groups excluding carboxylic acids is 2. The van der Waals surface area contributed by atoms with Gasteiger partial charge in [0.05, 0.1) is 10.6 Å². The third-order valence-electron chi connectivity index (χ3n) is 4.14. The second kappa shape index (κ2) is 8.92. The second-order valence-corrected chi connectivity index (χ2v) is 7.71. The Hall–Kier alpha value is -2.51. The average Bonchev–Trinajstić information content (AvgIpc) is 3.06. The lowest BCUT2D eigenvalue weighted by Crippen LogP contribution is -2.30. The second-order valence-electron chi connectivity index (χ2n) is 6.63. The van der Waals surface area contributed by atoms with E-state index in [0.717, 1.165) is 29.2 Å². The Morgan fingerprint density at radius 3 is 2.89 bits per heavy atom. The van der Waals surface area contributed by atoms with Crippen LogP contribution in [0.4, 0.5) is 5.69 Å². The molecule has 0 unspecified atom stereocenters. The standard InChI is InChI=1S/C20H24N4O2S/c1-23(2)11-6-10-21-19(25)14-24-12-5-7-15(24)13-18-20(26)22-16-8-3-4-9-17(16)27-18/h3-5,7-9,12-13H,6,10-11,14H2,1-2H3,(H,21,25)(H,22,26)/b18-13+. The zero-order valence-electron chi connectivity index (χ0n) is 15.6. The van der Waals surface area contributed by atoms with E-state index in [1.54, 1.807) is 0 Å². The van der Waals surface area contributed by atoms with Crippen LogP contribution >= 0.6 is 11.8 Å². The molecule has 0 aliphatic carbocycles. The number of fused-ring (bicyclic) bond motifs is 1. The highest BCUT2D eigenvalue weighted by Crippen LogP contribution is 2.38. The molecule has 1 aliphatic rings. The summed E-state index contributed by atoms with van der Waals surface area (Å²) in [6, 6.07) is 11.5. The highest BCUT2D eigenvalue weighted by Gasteiger charge is 2.21. The number of rotatable bonds is 7. The number of amides is 2. The van der Waals surface area contributed by atoms with E-state index < -0.39 is 0 Å². The topological polar surface area (TPSA) is 66.4 Å². The first-order chi connectivity index (χ1) is 13.0. The van der Waals surface area contributed by atoms with Gasteiger partial charge in [-0.15, -0.1) is 0 Å². The Kier molecular flexibility index (Phi) is 6.36. The Morgan fingerprint density at radius 2 is 2.07 bits per heavy atom. The van der Waals surface area contributed by atoms with Crippen molar-refractivity contribution < 1.29 is 9.59 Å². The minimum atomic E-state index is -0.125. The molecule has 3 rings (SSSR count). The van der Waals surface area contributed by atoms with Crippen molar-refractivity contribution in [2.75, 3.05) is 32.5 Å². The minimum Gasteiger partial charge on any atom is -0.355 e. The molecule has 0 atom stereocenters. The Bertz CT molecular complexity index is 857. The molecule has 2 amide bonds. The molecular weight excluding hydrogens is 360 g/mol. The fourth-order valence-corrected chi connectivity index (χ4v) is 3.71. The van der Waals surface area contributed by atoms with Gasteiger partial charge >= 0.3 is 0 Å². The molecule has 1 aromatic carbocycles. The van der Waals surface area contributed by atoms with Gasteiger partial charge < -0.3 is 20.1 Å². The van der Waals surface area contributed by atoms with Crippen molar-refractivity contribution in [2.24, 2.45) is 0 Å². The molecule has 142 valence electrons. The number of carbonyl (C=O) groups is 2. The summed E-state index contributed by atoms with van der Waals surface area (Å²) in [5.41, 5.74) is 1.66. The number of anilines is 1. The van der Waals surface area contributed by atoms with Crippen LogP contribution in [-0.4, -0.2) is 48.5 Å². The SMILES string of the molecule is CN(C)CCCNC(=O)Cn1cccc1/C=C1/Sc2ccccc2NC1=O. The van der Waals surface area contributed by atoms with Crippen LogP contribution in [-0.2, 0) is 16.1 Å². The van der Waals surface area contributed by atoms with Crippen molar-refractivity contribution >= 4 is 35.3 Å². The maximum Gasteiger partial charge on any atom is 0.262 e. The Balaban J connectivity index is 1.64. The summed E-state index contributed by atoms with van der Waals surface area (Å²) < 4.78 is 1.85. The third kappa shape index (κ3) is 5.24. The van der Waals surface area contributed by atoms with Crippen molar-refractivity contribution in [1.29, 1.82) is 0 Å². The fourth-order valence-electron chi connectivity index (χ4n) is 2.77. The monoisotopic (exact) mass is 384 g/mol. The molecule has 2 heterocycles. The molecule has 0 fully saturated rings. The molecule has 2 N–H and O–H groups in total. The third-order valence-corrected chi connectivity index (χ3v) is 5.24. The van der Waals surface area contributed by atoms with Gasteiger partial charge in [0, 0.05) is 23.3 Å². The van der Waals surface area contributed by atoms with Gasteiger partial charge in [0.25, 0.3) is 5.91 Å². The summed E-state index contributed by atoms with van der Waals surface area (Å²) in [5.74, 6) is -0.157. The molecule has 0 spiro atoms. The Labute approximate surface area is 163 Å². The first-order valence-electron chi connectivity index (χ1n) is 8.89. The van der Waals surface area contributed by atoms with Gasteiger partial charge in [0.2, 0.25) is 5.91 Å². The van der Waals surface area contributed by atoms with E-state index in [2.05, 4.69) is 15.5 Å². The molecule has 0 bridgehead atoms. The van der Waals surface area contributed by atoms with E-state index in [4.69, 9.17) is 0 Å². The zero-order chi connectivity index (χ0) is 19.2. The number of para-hydroxylation sites is 1. The predicted octanol–water partition coefficient (Wildman–Crippen LogP) is 2.64. The lowest BCUT2D eigenvalue weighted by molar-refractivity contribution is -0.121. The van der Waals surface area contributed by atoms with Crippen molar-refractivity contribution in [3.63, 3.8) is 0 Å². The zero-order valence-corrected chi connectivity index (χ0v) is 16.4. The number of benzene rings is 1. The maximum absolute atomic E-state index is 12.4. The molecule has 0 radical (unpaired) electrons. The van der Waals surface area contributed by atoms with E-state index >= 15 is 0 Å². The lowest BCUT2D eigenvalue weighted by atomic mass is 10.3. The van der Waals surface area contributed by atoms with Crippen LogP contribution in [0.2, 0.25) is 0 Å². The van der Waals surface area contributed by atoms with E-state index in [1.165, 1.54) is 11.8 Å². The summed E-state index contributed by atoms with van der Waals surface area (Å²) in [6.07, 6.45) is 4.60. The van der Waals surface area contributed by atoms with E-state index in [-0.39, 0.29) is 18.4 Å². The smallest absolute Gasteiger partial charge is 0.262 e. The molecular formula is C20H24N4O2S. The number of aromatic nitrogens is 1. The van der Waals surface area contributed by atoms with Crippen LogP contribution in [0.15, 0.2) is 52.4 Å². The summed E-state index contributed by atoms with van der Waals surface area (Å²) in [7, 11) is 4.03. The Morgan fingerprint density at radius 1 is 1.26 bits per heavy atom. The summed E-state index contributed by atoms with van der Waals surface area (Å²) >= 11 is 1.44. The summed E-state index contributed by atoms with van der Waals surface area (Å²) in [4.78, 5) is 28.2. The van der Waals surface area contributed by atoms with Crippen LogP contribution < -0.4 is 10.6 Å². The normalized spacial score (nSPS) is 14.9. The maximum atomic E-state index is 12.4. The predicted molar refractivity (Wildman–Crippen MR) is 110 cm³/mol. The first kappa shape index (κ1) is 19.3. The van der Waals surface area contributed by atoms with Crippen molar-refractivity contribution in [2.45, 2.75) is 17.9 Å². The molecule has 6 nitrogen and oxygen atoms in total. The van der Waals surface area contributed by atoms with Gasteiger partial charge in [-0.1, -0.05) is 23.9 Å². The van der Waals surface area contributed by atoms with Crippen LogP contribution in [0.1, 0.15) is 12.1 Å². The number of nitrogens with zero attached hydrogens (tertiary/aromatic N) is 2. The number of hydrogen-bond donors (Lipinski definition) is 2.